The van der Waals surface area contributed by atoms with E-state index < -0.39 is 0 Å². The molecule has 2 aliphatic rings. The normalized spacial score (nSPS) is 23.1. The molecule has 2 fully saturated rings. The Morgan fingerprint density at radius 3 is 2.52 bits per heavy atom. The first-order valence-electron chi connectivity index (χ1n) is 8.92. The smallest absolute Gasteiger partial charge is 0.123 e. The van der Waals surface area contributed by atoms with Gasteiger partial charge in [-0.05, 0) is 69.0 Å². The number of halogens is 1. The highest BCUT2D eigenvalue weighted by Crippen LogP contribution is 2.26. The third-order valence-electron chi connectivity index (χ3n) is 5.63. The number of ether oxygens (including phenoxy) is 1. The number of rotatable bonds is 4. The first kappa shape index (κ1) is 16.9. The van der Waals surface area contributed by atoms with Crippen molar-refractivity contribution >= 4 is 0 Å². The minimum absolute atomic E-state index is 0.135. The Kier molecular flexibility index (Phi) is 5.67. The van der Waals surface area contributed by atoms with E-state index in [-0.39, 0.29) is 5.82 Å². The van der Waals surface area contributed by atoms with Crippen LogP contribution >= 0.6 is 0 Å². The van der Waals surface area contributed by atoms with Gasteiger partial charge >= 0.3 is 0 Å². The van der Waals surface area contributed by atoms with Gasteiger partial charge in [0.2, 0.25) is 0 Å². The molecule has 2 saturated heterocycles. The maximum Gasteiger partial charge on any atom is 0.123 e. The van der Waals surface area contributed by atoms with Gasteiger partial charge < -0.3 is 4.74 Å². The zero-order valence-electron chi connectivity index (χ0n) is 14.4. The van der Waals surface area contributed by atoms with E-state index in [2.05, 4.69) is 16.7 Å². The van der Waals surface area contributed by atoms with Gasteiger partial charge in [0.15, 0.2) is 0 Å². The van der Waals surface area contributed by atoms with Crippen LogP contribution in [0, 0.1) is 18.7 Å². The molecule has 0 radical (unpaired) electrons. The molecular formula is C19H29FN2O. The van der Waals surface area contributed by atoms with Crippen molar-refractivity contribution in [3.63, 3.8) is 0 Å². The van der Waals surface area contributed by atoms with Gasteiger partial charge in [-0.15, -0.1) is 0 Å². The van der Waals surface area contributed by atoms with Crippen molar-refractivity contribution in [2.75, 3.05) is 39.4 Å². The van der Waals surface area contributed by atoms with Gasteiger partial charge in [0.25, 0.3) is 0 Å². The van der Waals surface area contributed by atoms with Gasteiger partial charge in [-0.1, -0.05) is 6.07 Å². The quantitative estimate of drug-likeness (QED) is 0.848. The lowest BCUT2D eigenvalue weighted by molar-refractivity contribution is -0.00193. The topological polar surface area (TPSA) is 15.7 Å². The highest BCUT2D eigenvalue weighted by molar-refractivity contribution is 5.26. The maximum atomic E-state index is 13.2. The van der Waals surface area contributed by atoms with Crippen LogP contribution in [0.5, 0.6) is 0 Å². The van der Waals surface area contributed by atoms with E-state index in [1.54, 1.807) is 12.1 Å². The van der Waals surface area contributed by atoms with E-state index in [0.29, 0.717) is 6.04 Å². The second-order valence-electron chi connectivity index (χ2n) is 7.07. The third-order valence-corrected chi connectivity index (χ3v) is 5.63. The summed E-state index contributed by atoms with van der Waals surface area (Å²) in [5.41, 5.74) is 2.32. The number of hydrogen-bond acceptors (Lipinski definition) is 3. The summed E-state index contributed by atoms with van der Waals surface area (Å²) in [5.74, 6) is 0.656. The summed E-state index contributed by atoms with van der Waals surface area (Å²) in [6.45, 7) is 11.6. The van der Waals surface area contributed by atoms with Gasteiger partial charge in [-0.3, -0.25) is 9.80 Å². The lowest BCUT2D eigenvalue weighted by Crippen LogP contribution is -2.48. The Labute approximate surface area is 139 Å². The number of aryl methyl sites for hydroxylation is 1. The summed E-state index contributed by atoms with van der Waals surface area (Å²) in [5, 5.41) is 0. The van der Waals surface area contributed by atoms with Crippen molar-refractivity contribution in [3.05, 3.63) is 35.1 Å². The second-order valence-corrected chi connectivity index (χ2v) is 7.07. The molecule has 0 bridgehead atoms. The van der Waals surface area contributed by atoms with Gasteiger partial charge in [-0.25, -0.2) is 4.39 Å². The van der Waals surface area contributed by atoms with Gasteiger partial charge in [0.05, 0.1) is 13.2 Å². The van der Waals surface area contributed by atoms with Crippen molar-refractivity contribution in [2.24, 2.45) is 5.92 Å². The molecule has 1 atom stereocenters. The standard InChI is InChI=1S/C19H29FN2O/c1-15-13-19(20)4-3-18(15)14-21-7-5-17(6-8-21)16(2)22-9-11-23-12-10-22/h3-4,13,16-17H,5-12,14H2,1-2H3/t16-/m1/s1. The molecule has 0 aliphatic carbocycles. The summed E-state index contributed by atoms with van der Waals surface area (Å²) >= 11 is 0. The molecule has 0 aromatic heterocycles. The fourth-order valence-corrected chi connectivity index (χ4v) is 3.95. The highest BCUT2D eigenvalue weighted by Gasteiger charge is 2.28. The van der Waals surface area contributed by atoms with Gasteiger partial charge in [-0.2, -0.15) is 0 Å². The molecular weight excluding hydrogens is 291 g/mol. The number of morpholine rings is 1. The molecule has 3 rings (SSSR count). The average Bonchev–Trinajstić information content (AvgIpc) is 2.58. The molecule has 128 valence electrons. The molecule has 1 aromatic rings. The van der Waals surface area contributed by atoms with Crippen molar-refractivity contribution in [3.8, 4) is 0 Å². The molecule has 3 nitrogen and oxygen atoms in total. The van der Waals surface area contributed by atoms with E-state index in [0.717, 1.165) is 57.4 Å². The van der Waals surface area contributed by atoms with Crippen LogP contribution in [0.4, 0.5) is 4.39 Å². The fourth-order valence-electron chi connectivity index (χ4n) is 3.95. The number of likely N-dealkylation sites (tertiary alicyclic amines) is 1. The molecule has 0 amide bonds. The number of nitrogens with zero attached hydrogens (tertiary/aromatic N) is 2. The Morgan fingerprint density at radius 2 is 1.87 bits per heavy atom. The van der Waals surface area contributed by atoms with Gasteiger partial charge in [0, 0.05) is 25.7 Å². The van der Waals surface area contributed by atoms with Crippen molar-refractivity contribution in [1.82, 2.24) is 9.80 Å². The van der Waals surface area contributed by atoms with Crippen molar-refractivity contribution in [2.45, 2.75) is 39.3 Å². The van der Waals surface area contributed by atoms with Crippen molar-refractivity contribution in [1.29, 1.82) is 0 Å². The first-order chi connectivity index (χ1) is 11.1. The molecule has 23 heavy (non-hydrogen) atoms. The molecule has 2 heterocycles. The van der Waals surface area contributed by atoms with Crippen LogP contribution < -0.4 is 0 Å². The maximum absolute atomic E-state index is 13.2. The predicted molar refractivity (Wildman–Crippen MR) is 91.0 cm³/mol. The molecule has 0 saturated carbocycles. The summed E-state index contributed by atoms with van der Waals surface area (Å²) in [7, 11) is 0. The van der Waals surface area contributed by atoms with E-state index in [4.69, 9.17) is 4.74 Å². The van der Waals surface area contributed by atoms with E-state index in [1.807, 2.05) is 13.0 Å². The summed E-state index contributed by atoms with van der Waals surface area (Å²) in [6, 6.07) is 5.82. The molecule has 0 N–H and O–H groups in total. The molecule has 0 spiro atoms. The molecule has 2 aliphatic heterocycles. The molecule has 1 aromatic carbocycles. The van der Waals surface area contributed by atoms with Crippen LogP contribution in [0.25, 0.3) is 0 Å². The minimum atomic E-state index is -0.135. The van der Waals surface area contributed by atoms with Crippen LogP contribution in [-0.4, -0.2) is 55.2 Å². The van der Waals surface area contributed by atoms with Crippen molar-refractivity contribution < 1.29 is 9.13 Å². The monoisotopic (exact) mass is 320 g/mol. The predicted octanol–water partition coefficient (Wildman–Crippen LogP) is 3.07. The average molecular weight is 320 g/mol. The lowest BCUT2D eigenvalue weighted by atomic mass is 9.89. The zero-order valence-corrected chi connectivity index (χ0v) is 14.4. The number of hydrogen-bond donors (Lipinski definition) is 0. The van der Waals surface area contributed by atoms with Crippen LogP contribution in [0.3, 0.4) is 0 Å². The second kappa shape index (κ2) is 7.73. The third kappa shape index (κ3) is 4.31. The van der Waals surface area contributed by atoms with E-state index >= 15 is 0 Å². The first-order valence-corrected chi connectivity index (χ1v) is 8.92. The molecule has 4 heteroatoms. The van der Waals surface area contributed by atoms with Gasteiger partial charge in [0.1, 0.15) is 5.82 Å². The van der Waals surface area contributed by atoms with E-state index in [9.17, 15) is 4.39 Å². The largest absolute Gasteiger partial charge is 0.379 e. The number of benzene rings is 1. The van der Waals surface area contributed by atoms with Crippen LogP contribution in [0.2, 0.25) is 0 Å². The highest BCUT2D eigenvalue weighted by atomic mass is 19.1. The lowest BCUT2D eigenvalue weighted by Gasteiger charge is -2.41. The SMILES string of the molecule is Cc1cc(F)ccc1CN1CCC([C@@H](C)N2CCOCC2)CC1. The Morgan fingerprint density at radius 1 is 1.17 bits per heavy atom. The Balaban J connectivity index is 1.49. The van der Waals surface area contributed by atoms with E-state index in [1.165, 1.54) is 18.4 Å². The van der Waals surface area contributed by atoms with Crippen LogP contribution in [0.1, 0.15) is 30.9 Å². The minimum Gasteiger partial charge on any atom is -0.379 e. The number of piperidine rings is 1. The Hall–Kier alpha value is -0.970. The van der Waals surface area contributed by atoms with Crippen LogP contribution in [-0.2, 0) is 11.3 Å². The zero-order chi connectivity index (χ0) is 16.2. The van der Waals surface area contributed by atoms with Crippen LogP contribution in [0.15, 0.2) is 18.2 Å². The molecule has 0 unspecified atom stereocenters. The summed E-state index contributed by atoms with van der Waals surface area (Å²) in [6.07, 6.45) is 2.53. The fraction of sp³-hybridized carbons (Fsp3) is 0.684. The summed E-state index contributed by atoms with van der Waals surface area (Å²) in [4.78, 5) is 5.11. The Bertz CT molecular complexity index is 508. The summed E-state index contributed by atoms with van der Waals surface area (Å²) < 4.78 is 18.7.